The number of ether oxygens (including phenoxy) is 1. The molecule has 1 aromatic heterocycles. The Morgan fingerprint density at radius 3 is 2.80 bits per heavy atom. The molecule has 5 heteroatoms. The molecule has 2 atom stereocenters. The number of hydrogen-bond acceptors (Lipinski definition) is 4. The van der Waals surface area contributed by atoms with E-state index >= 15 is 0 Å². The average molecular weight is 277 g/mol. The molecule has 1 aliphatic rings. The molecule has 0 spiro atoms. The standard InChI is InChI=1S/C15H23N3O2/c1-3-18(4-2)15(19)14-10-13(7-8-17-14)20-12-6-5-11(16)9-12/h7-8,10-12H,3-6,9,16H2,1-2H3. The number of rotatable bonds is 5. The van der Waals surface area contributed by atoms with E-state index in [1.54, 1.807) is 23.2 Å². The van der Waals surface area contributed by atoms with Crippen LogP contribution < -0.4 is 10.5 Å². The molecule has 1 aliphatic carbocycles. The topological polar surface area (TPSA) is 68.5 Å². The molecular weight excluding hydrogens is 254 g/mol. The monoisotopic (exact) mass is 277 g/mol. The molecule has 2 unspecified atom stereocenters. The maximum Gasteiger partial charge on any atom is 0.272 e. The van der Waals surface area contributed by atoms with Gasteiger partial charge in [-0.05, 0) is 39.2 Å². The number of amides is 1. The Balaban J connectivity index is 2.05. The minimum atomic E-state index is -0.0522. The van der Waals surface area contributed by atoms with Gasteiger partial charge in [-0.15, -0.1) is 0 Å². The number of nitrogens with zero attached hydrogens (tertiary/aromatic N) is 2. The van der Waals surface area contributed by atoms with Crippen molar-refractivity contribution in [1.82, 2.24) is 9.88 Å². The van der Waals surface area contributed by atoms with E-state index < -0.39 is 0 Å². The van der Waals surface area contributed by atoms with E-state index in [1.807, 2.05) is 13.8 Å². The number of pyridine rings is 1. The molecule has 0 bridgehead atoms. The number of nitrogens with two attached hydrogens (primary N) is 1. The maximum absolute atomic E-state index is 12.2. The summed E-state index contributed by atoms with van der Waals surface area (Å²) in [6, 6.07) is 3.76. The first-order chi connectivity index (χ1) is 9.63. The quantitative estimate of drug-likeness (QED) is 0.891. The molecule has 1 aromatic rings. The van der Waals surface area contributed by atoms with Gasteiger partial charge in [0, 0.05) is 31.4 Å². The van der Waals surface area contributed by atoms with Gasteiger partial charge in [-0.2, -0.15) is 0 Å². The Labute approximate surface area is 120 Å². The van der Waals surface area contributed by atoms with Crippen LogP contribution in [0.5, 0.6) is 5.75 Å². The van der Waals surface area contributed by atoms with E-state index in [0.717, 1.165) is 19.3 Å². The highest BCUT2D eigenvalue weighted by molar-refractivity contribution is 5.92. The van der Waals surface area contributed by atoms with Crippen LogP contribution in [0.4, 0.5) is 0 Å². The molecule has 1 fully saturated rings. The predicted octanol–water partition coefficient (Wildman–Crippen LogP) is 1.82. The van der Waals surface area contributed by atoms with Crippen molar-refractivity contribution in [3.05, 3.63) is 24.0 Å². The van der Waals surface area contributed by atoms with Crippen molar-refractivity contribution >= 4 is 5.91 Å². The van der Waals surface area contributed by atoms with Crippen molar-refractivity contribution in [2.45, 2.75) is 45.3 Å². The zero-order valence-corrected chi connectivity index (χ0v) is 12.2. The van der Waals surface area contributed by atoms with Crippen molar-refractivity contribution in [3.63, 3.8) is 0 Å². The number of hydrogen-bond donors (Lipinski definition) is 1. The van der Waals surface area contributed by atoms with Crippen molar-refractivity contribution in [3.8, 4) is 5.75 Å². The van der Waals surface area contributed by atoms with Crippen LogP contribution in [0.1, 0.15) is 43.6 Å². The average Bonchev–Trinajstić information content (AvgIpc) is 2.85. The summed E-state index contributed by atoms with van der Waals surface area (Å²) in [5.74, 6) is 0.651. The lowest BCUT2D eigenvalue weighted by Gasteiger charge is -2.19. The zero-order chi connectivity index (χ0) is 14.5. The Hall–Kier alpha value is -1.62. The molecule has 0 saturated heterocycles. The molecule has 20 heavy (non-hydrogen) atoms. The lowest BCUT2D eigenvalue weighted by Crippen LogP contribution is -2.31. The van der Waals surface area contributed by atoms with Crippen LogP contribution in [0, 0.1) is 0 Å². The first-order valence-electron chi connectivity index (χ1n) is 7.31. The fraction of sp³-hybridized carbons (Fsp3) is 0.600. The third kappa shape index (κ3) is 3.48. The minimum absolute atomic E-state index is 0.0522. The van der Waals surface area contributed by atoms with Crippen LogP contribution in [0.3, 0.4) is 0 Å². The number of aromatic nitrogens is 1. The van der Waals surface area contributed by atoms with Crippen LogP contribution in [0.2, 0.25) is 0 Å². The van der Waals surface area contributed by atoms with Gasteiger partial charge in [-0.3, -0.25) is 9.78 Å². The fourth-order valence-electron chi connectivity index (χ4n) is 2.55. The summed E-state index contributed by atoms with van der Waals surface area (Å²) in [4.78, 5) is 18.1. The molecule has 110 valence electrons. The van der Waals surface area contributed by atoms with Gasteiger partial charge in [0.2, 0.25) is 0 Å². The fourth-order valence-corrected chi connectivity index (χ4v) is 2.55. The second-order valence-electron chi connectivity index (χ2n) is 5.17. The summed E-state index contributed by atoms with van der Waals surface area (Å²) in [6.07, 6.45) is 4.63. The molecule has 5 nitrogen and oxygen atoms in total. The van der Waals surface area contributed by atoms with E-state index in [9.17, 15) is 4.79 Å². The molecular formula is C15H23N3O2. The van der Waals surface area contributed by atoms with E-state index in [-0.39, 0.29) is 18.1 Å². The van der Waals surface area contributed by atoms with Gasteiger partial charge in [0.1, 0.15) is 17.5 Å². The Bertz CT molecular complexity index is 460. The summed E-state index contributed by atoms with van der Waals surface area (Å²) in [6.45, 7) is 5.28. The first kappa shape index (κ1) is 14.8. The van der Waals surface area contributed by atoms with Gasteiger partial charge in [-0.1, -0.05) is 0 Å². The van der Waals surface area contributed by atoms with E-state index in [0.29, 0.717) is 24.5 Å². The van der Waals surface area contributed by atoms with E-state index in [4.69, 9.17) is 10.5 Å². The molecule has 2 N–H and O–H groups in total. The van der Waals surface area contributed by atoms with Crippen LogP contribution in [0.15, 0.2) is 18.3 Å². The Kier molecular flexibility index (Phi) is 4.95. The van der Waals surface area contributed by atoms with E-state index in [1.165, 1.54) is 0 Å². The Morgan fingerprint density at radius 2 is 2.20 bits per heavy atom. The van der Waals surface area contributed by atoms with Gasteiger partial charge < -0.3 is 15.4 Å². The van der Waals surface area contributed by atoms with Crippen molar-refractivity contribution < 1.29 is 9.53 Å². The molecule has 1 heterocycles. The second-order valence-corrected chi connectivity index (χ2v) is 5.17. The molecule has 2 rings (SSSR count). The van der Waals surface area contributed by atoms with Gasteiger partial charge >= 0.3 is 0 Å². The van der Waals surface area contributed by atoms with Gasteiger partial charge in [-0.25, -0.2) is 0 Å². The smallest absolute Gasteiger partial charge is 0.272 e. The summed E-state index contributed by atoms with van der Waals surface area (Å²) >= 11 is 0. The highest BCUT2D eigenvalue weighted by atomic mass is 16.5. The largest absolute Gasteiger partial charge is 0.490 e. The van der Waals surface area contributed by atoms with Crippen LogP contribution in [-0.4, -0.2) is 41.0 Å². The third-order valence-corrected chi connectivity index (χ3v) is 3.73. The summed E-state index contributed by atoms with van der Waals surface area (Å²) < 4.78 is 5.89. The second kappa shape index (κ2) is 6.70. The summed E-state index contributed by atoms with van der Waals surface area (Å²) in [7, 11) is 0. The Morgan fingerprint density at radius 1 is 1.45 bits per heavy atom. The van der Waals surface area contributed by atoms with Crippen molar-refractivity contribution in [1.29, 1.82) is 0 Å². The summed E-state index contributed by atoms with van der Waals surface area (Å²) in [5, 5.41) is 0. The van der Waals surface area contributed by atoms with E-state index in [2.05, 4.69) is 4.98 Å². The van der Waals surface area contributed by atoms with Crippen LogP contribution >= 0.6 is 0 Å². The van der Waals surface area contributed by atoms with Gasteiger partial charge in [0.25, 0.3) is 5.91 Å². The molecule has 1 amide bonds. The molecule has 1 saturated carbocycles. The van der Waals surface area contributed by atoms with Crippen LogP contribution in [-0.2, 0) is 0 Å². The normalized spacial score (nSPS) is 21.8. The predicted molar refractivity (Wildman–Crippen MR) is 77.7 cm³/mol. The number of carbonyl (C=O) groups is 1. The zero-order valence-electron chi connectivity index (χ0n) is 12.2. The molecule has 0 aliphatic heterocycles. The molecule has 0 radical (unpaired) electrons. The highest BCUT2D eigenvalue weighted by Gasteiger charge is 2.23. The lowest BCUT2D eigenvalue weighted by molar-refractivity contribution is 0.0766. The third-order valence-electron chi connectivity index (χ3n) is 3.73. The maximum atomic E-state index is 12.2. The van der Waals surface area contributed by atoms with Crippen molar-refractivity contribution in [2.24, 2.45) is 5.73 Å². The molecule has 0 aromatic carbocycles. The minimum Gasteiger partial charge on any atom is -0.490 e. The summed E-state index contributed by atoms with van der Waals surface area (Å²) in [5.41, 5.74) is 6.32. The van der Waals surface area contributed by atoms with Gasteiger partial charge in [0.15, 0.2) is 0 Å². The highest BCUT2D eigenvalue weighted by Crippen LogP contribution is 2.23. The SMILES string of the molecule is CCN(CC)C(=O)c1cc(OC2CCC(N)C2)ccn1. The van der Waals surface area contributed by atoms with Gasteiger partial charge in [0.05, 0.1) is 0 Å². The van der Waals surface area contributed by atoms with Crippen molar-refractivity contribution in [2.75, 3.05) is 13.1 Å². The van der Waals surface area contributed by atoms with Crippen LogP contribution in [0.25, 0.3) is 0 Å². The number of carbonyl (C=O) groups excluding carboxylic acids is 1. The first-order valence-corrected chi connectivity index (χ1v) is 7.31. The lowest BCUT2D eigenvalue weighted by atomic mass is 10.2.